The molecule has 1 saturated carbocycles. The quantitative estimate of drug-likeness (QED) is 0.857. The summed E-state index contributed by atoms with van der Waals surface area (Å²) in [5.74, 6) is 0.908. The van der Waals surface area contributed by atoms with Gasteiger partial charge in [-0.15, -0.1) is 0 Å². The highest BCUT2D eigenvalue weighted by Crippen LogP contribution is 2.41. The van der Waals surface area contributed by atoms with E-state index in [4.69, 9.17) is 10.5 Å². The SMILES string of the molecule is COc1ccccc1C(N)C1(N(C)C)CCCCCC1. The van der Waals surface area contributed by atoms with Crippen LogP contribution in [0.4, 0.5) is 0 Å². The number of benzene rings is 1. The number of para-hydroxylation sites is 1. The van der Waals surface area contributed by atoms with Crippen LogP contribution >= 0.6 is 0 Å². The normalized spacial score (nSPS) is 20.4. The van der Waals surface area contributed by atoms with Gasteiger partial charge in [0, 0.05) is 11.1 Å². The van der Waals surface area contributed by atoms with Gasteiger partial charge in [-0.1, -0.05) is 43.9 Å². The summed E-state index contributed by atoms with van der Waals surface area (Å²) in [7, 11) is 6.06. The highest BCUT2D eigenvalue weighted by Gasteiger charge is 2.40. The van der Waals surface area contributed by atoms with Gasteiger partial charge in [-0.25, -0.2) is 0 Å². The zero-order chi connectivity index (χ0) is 14.6. The molecule has 1 unspecified atom stereocenters. The molecule has 1 aliphatic rings. The Labute approximate surface area is 123 Å². The number of hydrogen-bond donors (Lipinski definition) is 1. The molecule has 0 amide bonds. The van der Waals surface area contributed by atoms with E-state index in [1.165, 1.54) is 38.5 Å². The first-order valence-electron chi connectivity index (χ1n) is 7.68. The third-order valence-corrected chi connectivity index (χ3v) is 4.91. The van der Waals surface area contributed by atoms with E-state index < -0.39 is 0 Å². The molecule has 1 fully saturated rings. The average Bonchev–Trinajstić information content (AvgIpc) is 2.73. The number of nitrogens with two attached hydrogens (primary N) is 1. The minimum atomic E-state index is -0.00764. The van der Waals surface area contributed by atoms with Gasteiger partial charge in [0.15, 0.2) is 0 Å². The Morgan fingerprint density at radius 2 is 1.70 bits per heavy atom. The Morgan fingerprint density at radius 3 is 2.25 bits per heavy atom. The molecule has 1 aromatic rings. The lowest BCUT2D eigenvalue weighted by molar-refractivity contribution is 0.0958. The number of hydrogen-bond acceptors (Lipinski definition) is 3. The van der Waals surface area contributed by atoms with Crippen LogP contribution in [0.5, 0.6) is 5.75 Å². The van der Waals surface area contributed by atoms with Gasteiger partial charge in [0.1, 0.15) is 5.75 Å². The maximum Gasteiger partial charge on any atom is 0.123 e. The van der Waals surface area contributed by atoms with Gasteiger partial charge in [0.05, 0.1) is 13.2 Å². The zero-order valence-corrected chi connectivity index (χ0v) is 13.1. The minimum absolute atomic E-state index is 0.00764. The van der Waals surface area contributed by atoms with E-state index in [9.17, 15) is 0 Å². The molecular formula is C17H28N2O. The average molecular weight is 276 g/mol. The lowest BCUT2D eigenvalue weighted by Gasteiger charge is -2.44. The first-order valence-corrected chi connectivity index (χ1v) is 7.68. The Morgan fingerprint density at radius 1 is 1.10 bits per heavy atom. The summed E-state index contributed by atoms with van der Waals surface area (Å²) in [4.78, 5) is 2.34. The molecule has 0 bridgehead atoms. The van der Waals surface area contributed by atoms with Crippen LogP contribution in [0.3, 0.4) is 0 Å². The van der Waals surface area contributed by atoms with E-state index >= 15 is 0 Å². The molecule has 3 nitrogen and oxygen atoms in total. The van der Waals surface area contributed by atoms with Crippen molar-refractivity contribution in [2.75, 3.05) is 21.2 Å². The Bertz CT molecular complexity index is 423. The van der Waals surface area contributed by atoms with Crippen LogP contribution in [0.15, 0.2) is 24.3 Å². The largest absolute Gasteiger partial charge is 0.496 e. The highest BCUT2D eigenvalue weighted by molar-refractivity contribution is 5.37. The summed E-state index contributed by atoms with van der Waals surface area (Å²) in [6, 6.07) is 8.17. The summed E-state index contributed by atoms with van der Waals surface area (Å²) in [5, 5.41) is 0. The van der Waals surface area contributed by atoms with Crippen LogP contribution < -0.4 is 10.5 Å². The zero-order valence-electron chi connectivity index (χ0n) is 13.1. The van der Waals surface area contributed by atoms with Crippen molar-refractivity contribution in [1.82, 2.24) is 4.90 Å². The maximum absolute atomic E-state index is 6.73. The third-order valence-electron chi connectivity index (χ3n) is 4.91. The molecule has 2 N–H and O–H groups in total. The van der Waals surface area contributed by atoms with E-state index in [-0.39, 0.29) is 11.6 Å². The van der Waals surface area contributed by atoms with Gasteiger partial charge < -0.3 is 15.4 Å². The maximum atomic E-state index is 6.73. The van der Waals surface area contributed by atoms with E-state index in [0.29, 0.717) is 0 Å². The van der Waals surface area contributed by atoms with E-state index in [0.717, 1.165) is 11.3 Å². The van der Waals surface area contributed by atoms with Crippen molar-refractivity contribution in [1.29, 1.82) is 0 Å². The first-order chi connectivity index (χ1) is 9.62. The van der Waals surface area contributed by atoms with Crippen LogP contribution in [0, 0.1) is 0 Å². The van der Waals surface area contributed by atoms with Crippen LogP contribution in [-0.4, -0.2) is 31.6 Å². The van der Waals surface area contributed by atoms with E-state index in [1.807, 2.05) is 12.1 Å². The summed E-state index contributed by atoms with van der Waals surface area (Å²) in [6.45, 7) is 0. The molecule has 1 aliphatic carbocycles. The first kappa shape index (κ1) is 15.3. The Hall–Kier alpha value is -1.06. The fourth-order valence-corrected chi connectivity index (χ4v) is 3.59. The topological polar surface area (TPSA) is 38.5 Å². The molecular weight excluding hydrogens is 248 g/mol. The standard InChI is InChI=1S/C17H28N2O/c1-19(2)17(12-8-4-5-9-13-17)16(18)14-10-6-7-11-15(14)20-3/h6-7,10-11,16H,4-5,8-9,12-13,18H2,1-3H3. The molecule has 20 heavy (non-hydrogen) atoms. The number of ether oxygens (including phenoxy) is 1. The molecule has 3 heteroatoms. The summed E-state index contributed by atoms with van der Waals surface area (Å²) >= 11 is 0. The molecule has 0 aromatic heterocycles. The molecule has 112 valence electrons. The van der Waals surface area contributed by atoms with Crippen molar-refractivity contribution in [3.8, 4) is 5.75 Å². The van der Waals surface area contributed by atoms with Crippen molar-refractivity contribution >= 4 is 0 Å². The summed E-state index contributed by atoms with van der Waals surface area (Å²) in [6.07, 6.45) is 7.52. The summed E-state index contributed by atoms with van der Waals surface area (Å²) < 4.78 is 5.51. The van der Waals surface area contributed by atoms with Gasteiger partial charge >= 0.3 is 0 Å². The van der Waals surface area contributed by atoms with Gasteiger partial charge in [-0.3, -0.25) is 0 Å². The molecule has 2 rings (SSSR count). The predicted molar refractivity (Wildman–Crippen MR) is 84.0 cm³/mol. The number of methoxy groups -OCH3 is 1. The number of rotatable bonds is 4. The number of nitrogens with zero attached hydrogens (tertiary/aromatic N) is 1. The van der Waals surface area contributed by atoms with Crippen molar-refractivity contribution < 1.29 is 4.74 Å². The number of likely N-dealkylation sites (N-methyl/N-ethyl adjacent to an activating group) is 1. The van der Waals surface area contributed by atoms with Crippen LogP contribution in [-0.2, 0) is 0 Å². The van der Waals surface area contributed by atoms with Crippen molar-refractivity contribution in [3.63, 3.8) is 0 Å². The lowest BCUT2D eigenvalue weighted by Crippen LogP contribution is -2.52. The van der Waals surface area contributed by atoms with Gasteiger partial charge in [-0.05, 0) is 33.0 Å². The van der Waals surface area contributed by atoms with Crippen LogP contribution in [0.25, 0.3) is 0 Å². The highest BCUT2D eigenvalue weighted by atomic mass is 16.5. The Balaban J connectivity index is 2.37. The monoisotopic (exact) mass is 276 g/mol. The molecule has 1 aromatic carbocycles. The second-order valence-corrected chi connectivity index (χ2v) is 6.13. The van der Waals surface area contributed by atoms with E-state index in [1.54, 1.807) is 7.11 Å². The molecule has 0 saturated heterocycles. The fourth-order valence-electron chi connectivity index (χ4n) is 3.59. The van der Waals surface area contributed by atoms with Gasteiger partial charge in [0.25, 0.3) is 0 Å². The second kappa shape index (κ2) is 6.59. The minimum Gasteiger partial charge on any atom is -0.496 e. The van der Waals surface area contributed by atoms with Crippen LogP contribution in [0.2, 0.25) is 0 Å². The van der Waals surface area contributed by atoms with Crippen LogP contribution in [0.1, 0.15) is 50.1 Å². The fraction of sp³-hybridized carbons (Fsp3) is 0.647. The second-order valence-electron chi connectivity index (χ2n) is 6.13. The lowest BCUT2D eigenvalue weighted by atomic mass is 9.78. The van der Waals surface area contributed by atoms with Crippen molar-refractivity contribution in [2.45, 2.75) is 50.1 Å². The predicted octanol–water partition coefficient (Wildman–Crippen LogP) is 3.35. The van der Waals surface area contributed by atoms with E-state index in [2.05, 4.69) is 31.1 Å². The van der Waals surface area contributed by atoms with Crippen molar-refractivity contribution in [2.24, 2.45) is 5.73 Å². The molecule has 1 atom stereocenters. The molecule has 0 heterocycles. The third kappa shape index (κ3) is 2.84. The summed E-state index contributed by atoms with van der Waals surface area (Å²) in [5.41, 5.74) is 7.91. The molecule has 0 spiro atoms. The smallest absolute Gasteiger partial charge is 0.123 e. The van der Waals surface area contributed by atoms with Gasteiger partial charge in [0.2, 0.25) is 0 Å². The molecule has 0 aliphatic heterocycles. The molecule has 0 radical (unpaired) electrons. The van der Waals surface area contributed by atoms with Gasteiger partial charge in [-0.2, -0.15) is 0 Å². The van der Waals surface area contributed by atoms with Crippen molar-refractivity contribution in [3.05, 3.63) is 29.8 Å². The Kier molecular flexibility index (Phi) is 5.06.